The molecule has 2 N–H and O–H groups in total. The molecule has 59 heavy (non-hydrogen) atoms. The van der Waals surface area contributed by atoms with Gasteiger partial charge in [0.15, 0.2) is 17.9 Å². The lowest BCUT2D eigenvalue weighted by atomic mass is 9.79. The Hall–Kier alpha value is -3.82. The van der Waals surface area contributed by atoms with Crippen LogP contribution in [-0.4, -0.2) is 66.7 Å². The lowest BCUT2D eigenvalue weighted by molar-refractivity contribution is -0.163. The van der Waals surface area contributed by atoms with Gasteiger partial charge in [-0.1, -0.05) is 74.3 Å². The van der Waals surface area contributed by atoms with Crippen molar-refractivity contribution in [2.24, 2.45) is 17.3 Å². The predicted molar refractivity (Wildman–Crippen MR) is 238 cm³/mol. The summed E-state index contributed by atoms with van der Waals surface area (Å²) in [6.07, 6.45) is 28.5. The number of ether oxygens (including phenoxy) is 4. The molecule has 2 aliphatic carbocycles. The van der Waals surface area contributed by atoms with Crippen molar-refractivity contribution >= 4 is 23.7 Å². The number of carbonyl (C=O) groups excluding carboxylic acids is 2. The fraction of sp³-hybridized carbons (Fsp3) is 0.569. The van der Waals surface area contributed by atoms with Crippen LogP contribution in [0.25, 0.3) is 12.2 Å². The molecule has 0 radical (unpaired) electrons. The van der Waals surface area contributed by atoms with Crippen LogP contribution in [0, 0.1) is 17.3 Å². The van der Waals surface area contributed by atoms with E-state index in [0.717, 1.165) is 113 Å². The number of hydrogen-bond acceptors (Lipinski definition) is 8. The molecular weight excluding hydrogens is 741 g/mol. The summed E-state index contributed by atoms with van der Waals surface area (Å²) in [7, 11) is 0. The number of carbonyl (C=O) groups is 2. The summed E-state index contributed by atoms with van der Waals surface area (Å²) in [6, 6.07) is 14.8. The third-order valence-corrected chi connectivity index (χ3v) is 12.0. The fourth-order valence-electron chi connectivity index (χ4n) is 7.76. The highest BCUT2D eigenvalue weighted by Gasteiger charge is 2.44. The quantitative estimate of drug-likeness (QED) is 0.0275. The maximum absolute atomic E-state index is 13.3. The van der Waals surface area contributed by atoms with Crippen molar-refractivity contribution in [1.82, 2.24) is 0 Å². The standard InChI is InChI=1S/C51H72O8/c1-4-6-8-10-12-14-36-56-44-30-20-42(21-31-44)38-58-46-26-16-40(17-27-46)24-34-48(52)51(3,50(54)55)49(53)35-25-41-18-28-47(29-19-41)59-39-43-22-32-45(33-23-43)57-37-15-13-11-9-7-5-2/h4-5,16-19,24-29,34-35,42-45,50,54-55H,1-2,6-15,20-23,30-33,36-39H2,3H3/b34-24+,35-25+. The van der Waals surface area contributed by atoms with Gasteiger partial charge in [0.05, 0.1) is 25.4 Å². The van der Waals surface area contributed by atoms with Crippen molar-refractivity contribution in [3.8, 4) is 11.5 Å². The van der Waals surface area contributed by atoms with E-state index in [4.69, 9.17) is 18.9 Å². The van der Waals surface area contributed by atoms with Crippen LogP contribution in [0.2, 0.25) is 0 Å². The van der Waals surface area contributed by atoms with Crippen LogP contribution in [0.4, 0.5) is 0 Å². The van der Waals surface area contributed by atoms with Crippen molar-refractivity contribution in [3.63, 3.8) is 0 Å². The molecular formula is C51H72O8. The van der Waals surface area contributed by atoms with E-state index in [1.165, 1.54) is 57.6 Å². The summed E-state index contributed by atoms with van der Waals surface area (Å²) in [4.78, 5) is 26.5. The summed E-state index contributed by atoms with van der Waals surface area (Å²) in [5, 5.41) is 20.4. The first-order valence-electron chi connectivity index (χ1n) is 22.4. The molecule has 8 heteroatoms. The molecule has 324 valence electrons. The van der Waals surface area contributed by atoms with Crippen molar-refractivity contribution < 1.29 is 38.7 Å². The molecule has 8 nitrogen and oxygen atoms in total. The molecule has 2 aromatic carbocycles. The van der Waals surface area contributed by atoms with Crippen LogP contribution in [0.3, 0.4) is 0 Å². The zero-order chi connectivity index (χ0) is 42.1. The summed E-state index contributed by atoms with van der Waals surface area (Å²) >= 11 is 0. The molecule has 0 heterocycles. The van der Waals surface area contributed by atoms with Crippen LogP contribution >= 0.6 is 0 Å². The van der Waals surface area contributed by atoms with Gasteiger partial charge in [0.25, 0.3) is 0 Å². The topological polar surface area (TPSA) is 112 Å². The van der Waals surface area contributed by atoms with Crippen LogP contribution in [0.1, 0.15) is 134 Å². The average molecular weight is 813 g/mol. The van der Waals surface area contributed by atoms with Gasteiger partial charge in [-0.15, -0.1) is 13.2 Å². The van der Waals surface area contributed by atoms with Gasteiger partial charge in [0, 0.05) is 13.2 Å². The van der Waals surface area contributed by atoms with Crippen molar-refractivity contribution in [1.29, 1.82) is 0 Å². The van der Waals surface area contributed by atoms with Crippen molar-refractivity contribution in [3.05, 3.63) is 97.1 Å². The van der Waals surface area contributed by atoms with Gasteiger partial charge in [0.2, 0.25) is 0 Å². The second-order valence-electron chi connectivity index (χ2n) is 16.7. The van der Waals surface area contributed by atoms with E-state index in [1.807, 2.05) is 60.7 Å². The molecule has 0 aliphatic heterocycles. The van der Waals surface area contributed by atoms with E-state index in [9.17, 15) is 19.8 Å². The molecule has 0 saturated heterocycles. The Labute approximate surface area is 354 Å². The lowest BCUT2D eigenvalue weighted by Gasteiger charge is -2.28. The van der Waals surface area contributed by atoms with Gasteiger partial charge in [-0.25, -0.2) is 0 Å². The molecule has 0 atom stereocenters. The molecule has 0 amide bonds. The third kappa shape index (κ3) is 17.4. The third-order valence-electron chi connectivity index (χ3n) is 12.0. The minimum Gasteiger partial charge on any atom is -0.493 e. The number of hydrogen-bond donors (Lipinski definition) is 2. The van der Waals surface area contributed by atoms with E-state index < -0.39 is 23.3 Å². The van der Waals surface area contributed by atoms with Crippen LogP contribution in [-0.2, 0) is 19.1 Å². The van der Waals surface area contributed by atoms with Crippen LogP contribution in [0.5, 0.6) is 11.5 Å². The van der Waals surface area contributed by atoms with Gasteiger partial charge in [-0.2, -0.15) is 0 Å². The number of unbranched alkanes of at least 4 members (excludes halogenated alkanes) is 8. The highest BCUT2D eigenvalue weighted by Crippen LogP contribution is 2.30. The Morgan fingerprint density at radius 2 is 0.983 bits per heavy atom. The molecule has 2 saturated carbocycles. The highest BCUT2D eigenvalue weighted by atomic mass is 16.5. The number of benzene rings is 2. The van der Waals surface area contributed by atoms with Crippen LogP contribution < -0.4 is 9.47 Å². The molecule has 4 rings (SSSR count). The summed E-state index contributed by atoms with van der Waals surface area (Å²) < 4.78 is 24.4. The maximum atomic E-state index is 13.3. The highest BCUT2D eigenvalue weighted by molar-refractivity contribution is 6.17. The minimum atomic E-state index is -2.18. The van der Waals surface area contributed by atoms with E-state index >= 15 is 0 Å². The van der Waals surface area contributed by atoms with Crippen molar-refractivity contribution in [2.75, 3.05) is 26.4 Å². The van der Waals surface area contributed by atoms with Gasteiger partial charge in [-0.05, 0) is 156 Å². The number of rotatable bonds is 29. The SMILES string of the molecule is C=CCCCCCCOC1CCC(COc2ccc(/C=C/C(=O)C(C)(C(=O)/C=C/c3ccc(OCC4CCC(OCCCCCCC=C)CC4)cc3)C(O)O)cc2)CC1. The minimum absolute atomic E-state index is 0.357. The zero-order valence-corrected chi connectivity index (χ0v) is 35.8. The molecule has 0 spiro atoms. The van der Waals surface area contributed by atoms with Gasteiger partial charge in [-0.3, -0.25) is 9.59 Å². The normalized spacial score (nSPS) is 20.7. The Kier molecular flexibility index (Phi) is 22.0. The first kappa shape index (κ1) is 47.9. The van der Waals surface area contributed by atoms with E-state index in [2.05, 4.69) is 13.2 Å². The number of aliphatic hydroxyl groups excluding tert-OH is 1. The molecule has 2 aliphatic rings. The molecule has 2 fully saturated rings. The molecule has 2 aromatic rings. The van der Waals surface area contributed by atoms with Gasteiger partial charge in [0.1, 0.15) is 16.9 Å². The maximum Gasteiger partial charge on any atom is 0.174 e. The number of ketones is 2. The Morgan fingerprint density at radius 1 is 0.610 bits per heavy atom. The Balaban J connectivity index is 1.14. The number of aliphatic hydroxyl groups is 2. The summed E-state index contributed by atoms with van der Waals surface area (Å²) in [5.74, 6) is 1.09. The van der Waals surface area contributed by atoms with Gasteiger partial charge < -0.3 is 29.2 Å². The first-order chi connectivity index (χ1) is 28.7. The van der Waals surface area contributed by atoms with E-state index in [0.29, 0.717) is 37.3 Å². The molecule has 0 unspecified atom stereocenters. The Bertz CT molecular complexity index is 1450. The largest absolute Gasteiger partial charge is 0.493 e. The zero-order valence-electron chi connectivity index (χ0n) is 35.8. The van der Waals surface area contributed by atoms with Gasteiger partial charge >= 0.3 is 0 Å². The second kappa shape index (κ2) is 27.1. The lowest BCUT2D eigenvalue weighted by Crippen LogP contribution is -2.45. The van der Waals surface area contributed by atoms with Crippen LogP contribution in [0.15, 0.2) is 86.0 Å². The second-order valence-corrected chi connectivity index (χ2v) is 16.7. The summed E-state index contributed by atoms with van der Waals surface area (Å²) in [5.41, 5.74) is -0.617. The van der Waals surface area contributed by atoms with E-state index in [1.54, 1.807) is 12.2 Å². The monoisotopic (exact) mass is 813 g/mol. The average Bonchev–Trinajstić information content (AvgIpc) is 3.26. The predicted octanol–water partition coefficient (Wildman–Crippen LogP) is 11.0. The number of allylic oxidation sites excluding steroid dienone is 4. The molecule has 0 aromatic heterocycles. The fourth-order valence-corrected chi connectivity index (χ4v) is 7.76. The van der Waals surface area contributed by atoms with Crippen molar-refractivity contribution in [2.45, 2.75) is 141 Å². The molecule has 0 bridgehead atoms. The van der Waals surface area contributed by atoms with E-state index in [-0.39, 0.29) is 0 Å². The smallest absolute Gasteiger partial charge is 0.174 e. The summed E-state index contributed by atoms with van der Waals surface area (Å²) in [6.45, 7) is 11.8. The Morgan fingerprint density at radius 3 is 1.34 bits per heavy atom. The first-order valence-corrected chi connectivity index (χ1v) is 22.4.